The van der Waals surface area contributed by atoms with E-state index in [0.717, 1.165) is 13.1 Å². The molecule has 0 spiro atoms. The fraction of sp³-hybridized carbons (Fsp3) is 0.800. The molecule has 0 aliphatic carbocycles. The number of thiol groups is 1. The molecule has 0 fully saturated rings. The van der Waals surface area contributed by atoms with Crippen LogP contribution in [0.25, 0.3) is 0 Å². The minimum absolute atomic E-state index is 0. The minimum Gasteiger partial charge on any atom is -1.00 e. The summed E-state index contributed by atoms with van der Waals surface area (Å²) in [6.45, 7) is 6.04. The van der Waals surface area contributed by atoms with E-state index in [1.807, 2.05) is 4.90 Å². The third-order valence-corrected chi connectivity index (χ3v) is 1.58. The second-order valence-electron chi connectivity index (χ2n) is 1.45. The molecule has 0 saturated heterocycles. The average Bonchev–Trinajstić information content (AvgIpc) is 1.69. The zero-order valence-electron chi connectivity index (χ0n) is 7.22. The van der Waals surface area contributed by atoms with Crippen LogP contribution in [0.15, 0.2) is 0 Å². The zero-order chi connectivity index (χ0) is 6.57. The van der Waals surface area contributed by atoms with Gasteiger partial charge < -0.3 is 6.33 Å². The molecule has 0 heterocycles. The molecule has 0 atom stereocenters. The summed E-state index contributed by atoms with van der Waals surface area (Å²) in [6.07, 6.45) is 0. The smallest absolute Gasteiger partial charge is 1.00 e. The molecule has 0 unspecified atom stereocenters. The van der Waals surface area contributed by atoms with Gasteiger partial charge in [0.25, 0.3) is 0 Å². The molecule has 50 valence electrons. The van der Waals surface area contributed by atoms with E-state index in [1.54, 1.807) is 0 Å². The first-order valence-corrected chi connectivity index (χ1v) is 3.55. The molecule has 9 heavy (non-hydrogen) atoms. The third-order valence-electron chi connectivity index (χ3n) is 1.03. The largest absolute Gasteiger partial charge is 1.00 e. The summed E-state index contributed by atoms with van der Waals surface area (Å²) in [4.78, 5) is 2.01. The van der Waals surface area contributed by atoms with Crippen LogP contribution in [0.2, 0.25) is 0 Å². The molecule has 0 N–H and O–H groups in total. The Hall–Kier alpha value is 1.88. The quantitative estimate of drug-likeness (QED) is 0.325. The first kappa shape index (κ1) is 13.5. The van der Waals surface area contributed by atoms with Crippen LogP contribution in [0, 0.1) is 0 Å². The number of hydrogen-bond donors (Lipinski definition) is 1. The first-order valence-electron chi connectivity index (χ1n) is 2.70. The van der Waals surface area contributed by atoms with E-state index >= 15 is 0 Å². The van der Waals surface area contributed by atoms with E-state index in [0.29, 0.717) is 4.32 Å². The van der Waals surface area contributed by atoms with Gasteiger partial charge in [-0.05, 0) is 13.8 Å². The van der Waals surface area contributed by atoms with Gasteiger partial charge in [-0.15, -0.1) is 12.6 Å². The molecule has 0 radical (unpaired) electrons. The predicted octanol–water partition coefficient (Wildman–Crippen LogP) is -1.34. The van der Waals surface area contributed by atoms with Crippen LogP contribution in [0.1, 0.15) is 15.3 Å². The van der Waals surface area contributed by atoms with E-state index < -0.39 is 0 Å². The Balaban J connectivity index is -0.000000245. The topological polar surface area (TPSA) is 3.24 Å². The van der Waals surface area contributed by atoms with E-state index in [2.05, 4.69) is 26.5 Å². The maximum absolute atomic E-state index is 4.81. The van der Waals surface area contributed by atoms with E-state index in [1.165, 1.54) is 0 Å². The molecule has 0 rings (SSSR count). The van der Waals surface area contributed by atoms with E-state index in [9.17, 15) is 0 Å². The first-order chi connectivity index (χ1) is 3.72. The Kier molecular flexibility index (Phi) is 11.9. The summed E-state index contributed by atoms with van der Waals surface area (Å²) in [5.41, 5.74) is 0. The van der Waals surface area contributed by atoms with Crippen LogP contribution < -0.4 is 51.4 Å². The van der Waals surface area contributed by atoms with Crippen LogP contribution in [-0.4, -0.2) is 22.3 Å². The van der Waals surface area contributed by atoms with Crippen molar-refractivity contribution in [1.82, 2.24) is 4.90 Å². The van der Waals surface area contributed by atoms with Gasteiger partial charge in [0, 0.05) is 13.1 Å². The van der Waals surface area contributed by atoms with Gasteiger partial charge >= 0.3 is 51.4 Å². The number of nitrogens with zero attached hydrogens (tertiary/aromatic N) is 1. The Labute approximate surface area is 112 Å². The van der Waals surface area contributed by atoms with Crippen molar-refractivity contribution in [2.75, 3.05) is 13.1 Å². The van der Waals surface area contributed by atoms with Crippen molar-refractivity contribution in [2.45, 2.75) is 13.8 Å². The van der Waals surface area contributed by atoms with Gasteiger partial charge in [0.1, 0.15) is 4.32 Å². The second kappa shape index (κ2) is 7.98. The van der Waals surface area contributed by atoms with Crippen LogP contribution in [-0.2, 0) is 0 Å². The van der Waals surface area contributed by atoms with Gasteiger partial charge in [-0.25, -0.2) is 0 Å². The molecule has 0 aliphatic rings. The summed E-state index contributed by atoms with van der Waals surface area (Å²) >= 11 is 8.82. The van der Waals surface area contributed by atoms with Gasteiger partial charge in [0.15, 0.2) is 0 Å². The van der Waals surface area contributed by atoms with Crippen LogP contribution in [0.5, 0.6) is 0 Å². The van der Waals surface area contributed by atoms with Gasteiger partial charge in [0.2, 0.25) is 0 Å². The Morgan fingerprint density at radius 3 is 1.89 bits per heavy atom. The Bertz CT molecular complexity index is 87.7. The molecule has 0 aromatic heterocycles. The monoisotopic (exact) mass is 189 g/mol. The normalized spacial score (nSPS) is 7.89. The Morgan fingerprint density at radius 2 is 1.89 bits per heavy atom. The zero-order valence-corrected chi connectivity index (χ0v) is 11.1. The van der Waals surface area contributed by atoms with Gasteiger partial charge in [-0.1, -0.05) is 12.2 Å². The summed E-state index contributed by atoms with van der Waals surface area (Å²) in [7, 11) is 0. The average molecular weight is 189 g/mol. The third kappa shape index (κ3) is 6.28. The van der Waals surface area contributed by atoms with Crippen LogP contribution >= 0.6 is 24.8 Å². The fourth-order valence-electron chi connectivity index (χ4n) is 0.494. The Morgan fingerprint density at radius 1 is 1.56 bits per heavy atom. The summed E-state index contributed by atoms with van der Waals surface area (Å²) in [6, 6.07) is 0. The number of rotatable bonds is 2. The van der Waals surface area contributed by atoms with Gasteiger partial charge in [0.05, 0.1) is 0 Å². The van der Waals surface area contributed by atoms with Gasteiger partial charge in [-0.3, -0.25) is 0 Å². The maximum atomic E-state index is 4.81. The molecule has 0 saturated carbocycles. The predicted molar refractivity (Wildman–Crippen MR) is 45.6 cm³/mol. The standard InChI is InChI=1S/C5H11NS2.K.H/c1-3-6(4-2)5(7)8;;/h3-4H2,1-2H3,(H,7,8);;/q;+1;-1. The summed E-state index contributed by atoms with van der Waals surface area (Å²) in [5.74, 6) is 0. The van der Waals surface area contributed by atoms with E-state index in [4.69, 9.17) is 12.2 Å². The second-order valence-corrected chi connectivity index (χ2v) is 2.57. The molecule has 0 aromatic carbocycles. The van der Waals surface area contributed by atoms with Crippen molar-refractivity contribution in [3.05, 3.63) is 0 Å². The minimum atomic E-state index is 0. The van der Waals surface area contributed by atoms with Crippen LogP contribution in [0.3, 0.4) is 0 Å². The van der Waals surface area contributed by atoms with Crippen LogP contribution in [0.4, 0.5) is 0 Å². The van der Waals surface area contributed by atoms with Crippen molar-refractivity contribution >= 4 is 29.2 Å². The molecule has 0 aliphatic heterocycles. The molecule has 0 amide bonds. The van der Waals surface area contributed by atoms with Crippen molar-refractivity contribution in [2.24, 2.45) is 0 Å². The SMILES string of the molecule is CCN(CC)C(=S)S.[H-].[K+]. The van der Waals surface area contributed by atoms with E-state index in [-0.39, 0.29) is 52.8 Å². The molecule has 1 nitrogen and oxygen atoms in total. The fourth-order valence-corrected chi connectivity index (χ4v) is 1.04. The van der Waals surface area contributed by atoms with Crippen molar-refractivity contribution < 1.29 is 52.8 Å². The van der Waals surface area contributed by atoms with Crippen molar-refractivity contribution in [1.29, 1.82) is 0 Å². The summed E-state index contributed by atoms with van der Waals surface area (Å²) < 4.78 is 0.690. The van der Waals surface area contributed by atoms with Crippen molar-refractivity contribution in [3.8, 4) is 0 Å². The summed E-state index contributed by atoms with van der Waals surface area (Å²) in [5, 5.41) is 0. The number of thiocarbonyl (C=S) groups is 1. The molecule has 0 bridgehead atoms. The number of hydrogen-bond acceptors (Lipinski definition) is 1. The molecule has 0 aromatic rings. The maximum Gasteiger partial charge on any atom is 1.00 e. The molecular weight excluding hydrogens is 177 g/mol. The van der Waals surface area contributed by atoms with Crippen molar-refractivity contribution in [3.63, 3.8) is 0 Å². The van der Waals surface area contributed by atoms with Gasteiger partial charge in [-0.2, -0.15) is 0 Å². The molecule has 4 heteroatoms. The molecular formula is C5H12KNS2.